The van der Waals surface area contributed by atoms with Crippen molar-refractivity contribution < 1.29 is 0 Å². The smallest absolute Gasteiger partial charge is 0.0231 e. The van der Waals surface area contributed by atoms with Gasteiger partial charge in [0.1, 0.15) is 0 Å². The van der Waals surface area contributed by atoms with Gasteiger partial charge in [0.2, 0.25) is 0 Å². The fraction of sp³-hybridized carbons (Fsp3) is 0.667. The Balaban J connectivity index is 1.86. The average Bonchev–Trinajstić information content (AvgIpc) is 2.46. The lowest BCUT2D eigenvalue weighted by Gasteiger charge is -2.35. The Morgan fingerprint density at radius 2 is 2.10 bits per heavy atom. The first kappa shape index (κ1) is 17.0. The molecule has 21 heavy (non-hydrogen) atoms. The first-order valence-corrected chi connectivity index (χ1v) is 9.14. The van der Waals surface area contributed by atoms with Crippen LogP contribution in [-0.4, -0.2) is 31.1 Å². The molecule has 1 aliphatic rings. The summed E-state index contributed by atoms with van der Waals surface area (Å²) in [6, 6.07) is 9.39. The predicted octanol–water partition coefficient (Wildman–Crippen LogP) is 4.44. The highest BCUT2D eigenvalue weighted by molar-refractivity contribution is 9.10. The van der Waals surface area contributed by atoms with Crippen LogP contribution in [0.15, 0.2) is 28.7 Å². The van der Waals surface area contributed by atoms with E-state index in [0.29, 0.717) is 0 Å². The fourth-order valence-electron chi connectivity index (χ4n) is 3.44. The van der Waals surface area contributed by atoms with Gasteiger partial charge in [0.25, 0.3) is 0 Å². The zero-order valence-corrected chi connectivity index (χ0v) is 15.0. The lowest BCUT2D eigenvalue weighted by atomic mass is 9.84. The summed E-state index contributed by atoms with van der Waals surface area (Å²) in [5.41, 5.74) is 1.39. The zero-order valence-electron chi connectivity index (χ0n) is 13.4. The molecule has 1 aliphatic carbocycles. The molecule has 1 aromatic carbocycles. The molecule has 0 bridgehead atoms. The van der Waals surface area contributed by atoms with Gasteiger partial charge in [-0.3, -0.25) is 0 Å². The van der Waals surface area contributed by atoms with Crippen LogP contribution in [-0.2, 0) is 6.54 Å². The molecule has 1 saturated carbocycles. The molecular weight excluding hydrogens is 324 g/mol. The van der Waals surface area contributed by atoms with Gasteiger partial charge in [0, 0.05) is 23.6 Å². The molecule has 0 radical (unpaired) electrons. The second-order valence-electron chi connectivity index (χ2n) is 6.43. The van der Waals surface area contributed by atoms with Gasteiger partial charge in [-0.2, -0.15) is 0 Å². The molecule has 0 spiro atoms. The Morgan fingerprint density at radius 1 is 1.29 bits per heavy atom. The molecule has 1 aromatic rings. The monoisotopic (exact) mass is 352 g/mol. The molecule has 1 fully saturated rings. The lowest BCUT2D eigenvalue weighted by molar-refractivity contribution is 0.185. The molecule has 0 amide bonds. The van der Waals surface area contributed by atoms with Crippen LogP contribution in [0.5, 0.6) is 0 Å². The van der Waals surface area contributed by atoms with Gasteiger partial charge in [0.05, 0.1) is 0 Å². The van der Waals surface area contributed by atoms with Crippen LogP contribution < -0.4 is 5.32 Å². The average molecular weight is 353 g/mol. The molecule has 2 atom stereocenters. The molecule has 1 N–H and O–H groups in total. The normalized spacial score (nSPS) is 22.7. The zero-order chi connectivity index (χ0) is 15.1. The highest BCUT2D eigenvalue weighted by Gasteiger charge is 2.25. The molecule has 3 heteroatoms. The minimum Gasteiger partial charge on any atom is -0.314 e. The van der Waals surface area contributed by atoms with Gasteiger partial charge in [-0.1, -0.05) is 47.8 Å². The summed E-state index contributed by atoms with van der Waals surface area (Å²) < 4.78 is 1.17. The Bertz CT molecular complexity index is 421. The first-order chi connectivity index (χ1) is 10.2. The Morgan fingerprint density at radius 3 is 2.86 bits per heavy atom. The highest BCUT2D eigenvalue weighted by atomic mass is 79.9. The maximum atomic E-state index is 3.77. The third-order valence-corrected chi connectivity index (χ3v) is 4.95. The molecular formula is C18H29BrN2. The topological polar surface area (TPSA) is 15.3 Å². The number of halogens is 1. The van der Waals surface area contributed by atoms with Crippen molar-refractivity contribution >= 4 is 15.9 Å². The Hall–Kier alpha value is -0.380. The third-order valence-electron chi connectivity index (χ3n) is 4.45. The maximum Gasteiger partial charge on any atom is 0.0231 e. The minimum atomic E-state index is 0.726. The van der Waals surface area contributed by atoms with Crippen molar-refractivity contribution in [2.24, 2.45) is 5.92 Å². The van der Waals surface area contributed by atoms with E-state index in [-0.39, 0.29) is 0 Å². The lowest BCUT2D eigenvalue weighted by Crippen LogP contribution is -2.43. The van der Waals surface area contributed by atoms with Crippen molar-refractivity contribution in [3.05, 3.63) is 34.3 Å². The maximum absolute atomic E-state index is 3.77. The van der Waals surface area contributed by atoms with E-state index < -0.39 is 0 Å². The SMILES string of the molecule is CCCNC1CCCCC1CN(C)Cc1cccc(Br)c1. The van der Waals surface area contributed by atoms with Crippen molar-refractivity contribution in [2.75, 3.05) is 20.1 Å². The van der Waals surface area contributed by atoms with Gasteiger partial charge in [-0.05, 0) is 56.5 Å². The third kappa shape index (κ3) is 5.72. The van der Waals surface area contributed by atoms with Crippen LogP contribution in [0.1, 0.15) is 44.6 Å². The van der Waals surface area contributed by atoms with Gasteiger partial charge in [-0.25, -0.2) is 0 Å². The van der Waals surface area contributed by atoms with Crippen molar-refractivity contribution in [2.45, 2.75) is 51.6 Å². The Kier molecular flexibility index (Phi) is 7.21. The van der Waals surface area contributed by atoms with Crippen LogP contribution in [0.3, 0.4) is 0 Å². The highest BCUT2D eigenvalue weighted by Crippen LogP contribution is 2.25. The summed E-state index contributed by atoms with van der Waals surface area (Å²) in [6.45, 7) is 5.66. The van der Waals surface area contributed by atoms with E-state index in [4.69, 9.17) is 0 Å². The number of hydrogen-bond acceptors (Lipinski definition) is 2. The number of hydrogen-bond donors (Lipinski definition) is 1. The number of rotatable bonds is 7. The van der Waals surface area contributed by atoms with Crippen LogP contribution in [0.2, 0.25) is 0 Å². The molecule has 0 aliphatic heterocycles. The van der Waals surface area contributed by atoms with Gasteiger partial charge in [0.15, 0.2) is 0 Å². The van der Waals surface area contributed by atoms with Crippen molar-refractivity contribution in [1.82, 2.24) is 10.2 Å². The van der Waals surface area contributed by atoms with E-state index in [9.17, 15) is 0 Å². The second kappa shape index (κ2) is 8.92. The summed E-state index contributed by atoms with van der Waals surface area (Å²) in [6.07, 6.45) is 6.77. The van der Waals surface area contributed by atoms with Crippen molar-refractivity contribution in [3.63, 3.8) is 0 Å². The molecule has 2 nitrogen and oxygen atoms in total. The second-order valence-corrected chi connectivity index (χ2v) is 7.35. The van der Waals surface area contributed by atoms with Crippen molar-refractivity contribution in [1.29, 1.82) is 0 Å². The van der Waals surface area contributed by atoms with E-state index in [2.05, 4.69) is 64.4 Å². The first-order valence-electron chi connectivity index (χ1n) is 8.35. The predicted molar refractivity (Wildman–Crippen MR) is 94.5 cm³/mol. The molecule has 0 saturated heterocycles. The van der Waals surface area contributed by atoms with E-state index in [0.717, 1.165) is 25.0 Å². The molecule has 0 aromatic heterocycles. The van der Waals surface area contributed by atoms with Crippen molar-refractivity contribution in [3.8, 4) is 0 Å². The van der Waals surface area contributed by atoms with E-state index in [1.165, 1.54) is 48.7 Å². The van der Waals surface area contributed by atoms with Gasteiger partial charge < -0.3 is 10.2 Å². The van der Waals surface area contributed by atoms with E-state index in [1.807, 2.05) is 0 Å². The van der Waals surface area contributed by atoms with Crippen LogP contribution in [0.4, 0.5) is 0 Å². The summed E-state index contributed by atoms with van der Waals surface area (Å²) >= 11 is 3.56. The molecule has 2 rings (SSSR count). The standard InChI is InChI=1S/C18H29BrN2/c1-3-11-20-18-10-5-4-8-16(18)14-21(2)13-15-7-6-9-17(19)12-15/h6-7,9,12,16,18,20H,3-5,8,10-11,13-14H2,1-2H3. The summed E-state index contributed by atoms with van der Waals surface area (Å²) in [5.74, 6) is 0.808. The van der Waals surface area contributed by atoms with Crippen LogP contribution in [0.25, 0.3) is 0 Å². The summed E-state index contributed by atoms with van der Waals surface area (Å²) in [4.78, 5) is 2.48. The van der Waals surface area contributed by atoms with E-state index in [1.54, 1.807) is 0 Å². The van der Waals surface area contributed by atoms with E-state index >= 15 is 0 Å². The van der Waals surface area contributed by atoms with Gasteiger partial charge in [-0.15, -0.1) is 0 Å². The summed E-state index contributed by atoms with van der Waals surface area (Å²) in [7, 11) is 2.26. The largest absolute Gasteiger partial charge is 0.314 e. The van der Waals surface area contributed by atoms with Crippen LogP contribution in [0, 0.1) is 5.92 Å². The minimum absolute atomic E-state index is 0.726. The summed E-state index contributed by atoms with van der Waals surface area (Å²) in [5, 5.41) is 3.77. The fourth-order valence-corrected chi connectivity index (χ4v) is 3.88. The number of nitrogens with one attached hydrogen (secondary N) is 1. The Labute approximate surface area is 138 Å². The molecule has 118 valence electrons. The number of benzene rings is 1. The number of nitrogens with zero attached hydrogens (tertiary/aromatic N) is 1. The molecule has 0 heterocycles. The quantitative estimate of drug-likeness (QED) is 0.780. The van der Waals surface area contributed by atoms with Gasteiger partial charge >= 0.3 is 0 Å². The molecule has 2 unspecified atom stereocenters. The van der Waals surface area contributed by atoms with Crippen LogP contribution >= 0.6 is 15.9 Å².